The Morgan fingerprint density at radius 1 is 0.800 bits per heavy atom. The van der Waals surface area contributed by atoms with Gasteiger partial charge < -0.3 is 31.7 Å². The molecule has 0 aromatic carbocycles. The minimum Gasteiger partial charge on any atom is -0.481 e. The second-order valence-electron chi connectivity index (χ2n) is 4.90. The number of hydrogen-bond acceptors (Lipinski definition) is 8. The molecule has 0 radical (unpaired) electrons. The summed E-state index contributed by atoms with van der Waals surface area (Å²) in [5.41, 5.74) is 5.47. The van der Waals surface area contributed by atoms with Gasteiger partial charge in [-0.15, -0.1) is 0 Å². The molecule has 0 aromatic heterocycles. The van der Waals surface area contributed by atoms with Crippen LogP contribution in [0.1, 0.15) is 6.42 Å². The molecule has 0 saturated carbocycles. The van der Waals surface area contributed by atoms with Gasteiger partial charge in [-0.25, -0.2) is 4.79 Å². The predicted molar refractivity (Wildman–Crippen MR) is 90.6 cm³/mol. The minimum atomic E-state index is -1.88. The first-order chi connectivity index (χ1) is 11.5. The average Bonchev–Trinajstić information content (AvgIpc) is 2.53. The van der Waals surface area contributed by atoms with Crippen molar-refractivity contribution in [1.29, 1.82) is 0 Å². The summed E-state index contributed by atoms with van der Waals surface area (Å²) in [6, 6.07) is -4.04. The summed E-state index contributed by atoms with van der Waals surface area (Å²) < 4.78 is 0. The van der Waals surface area contributed by atoms with E-state index in [0.717, 1.165) is 0 Å². The Bertz CT molecular complexity index is 530. The third-order valence-electron chi connectivity index (χ3n) is 3.04. The highest BCUT2D eigenvalue weighted by molar-refractivity contribution is 7.80. The summed E-state index contributed by atoms with van der Waals surface area (Å²) in [4.78, 5) is 56.3. The van der Waals surface area contributed by atoms with Gasteiger partial charge in [0.15, 0.2) is 5.92 Å². The fourth-order valence-electron chi connectivity index (χ4n) is 1.60. The Kier molecular flexibility index (Phi) is 9.93. The maximum absolute atomic E-state index is 11.9. The molecular formula is C12H19N3O8S2. The molecule has 2 amide bonds. The monoisotopic (exact) mass is 397 g/mol. The van der Waals surface area contributed by atoms with Gasteiger partial charge in [-0.1, -0.05) is 0 Å². The summed E-state index contributed by atoms with van der Waals surface area (Å²) in [7, 11) is 0. The third kappa shape index (κ3) is 7.62. The molecule has 0 rings (SSSR count). The molecule has 0 aromatic rings. The van der Waals surface area contributed by atoms with Crippen molar-refractivity contribution in [3.63, 3.8) is 0 Å². The Hall–Kier alpha value is -1.99. The van der Waals surface area contributed by atoms with Crippen molar-refractivity contribution in [2.75, 3.05) is 11.5 Å². The van der Waals surface area contributed by atoms with E-state index in [0.29, 0.717) is 0 Å². The second-order valence-corrected chi connectivity index (χ2v) is 5.63. The quantitative estimate of drug-likeness (QED) is 0.136. The zero-order valence-corrected chi connectivity index (χ0v) is 14.6. The van der Waals surface area contributed by atoms with Crippen molar-refractivity contribution in [2.45, 2.75) is 24.5 Å². The highest BCUT2D eigenvalue weighted by atomic mass is 32.1. The zero-order chi connectivity index (χ0) is 19.7. The van der Waals surface area contributed by atoms with E-state index in [-0.39, 0.29) is 11.5 Å². The van der Waals surface area contributed by atoms with Crippen LogP contribution in [0.15, 0.2) is 0 Å². The molecule has 3 atom stereocenters. The van der Waals surface area contributed by atoms with Crippen molar-refractivity contribution in [3.05, 3.63) is 0 Å². The number of amides is 2. The molecule has 7 N–H and O–H groups in total. The maximum Gasteiger partial charge on any atom is 0.327 e. The second kappa shape index (κ2) is 10.8. The molecule has 0 saturated heterocycles. The average molecular weight is 397 g/mol. The van der Waals surface area contributed by atoms with Crippen LogP contribution in [0.25, 0.3) is 0 Å². The Balaban J connectivity index is 4.86. The molecule has 0 heterocycles. The number of aliphatic carboxylic acids is 3. The van der Waals surface area contributed by atoms with Gasteiger partial charge in [-0.05, 0) is 6.42 Å². The van der Waals surface area contributed by atoms with E-state index >= 15 is 0 Å². The molecule has 0 aliphatic heterocycles. The van der Waals surface area contributed by atoms with Gasteiger partial charge in [-0.3, -0.25) is 19.2 Å². The first-order valence-corrected chi connectivity index (χ1v) is 8.08. The summed E-state index contributed by atoms with van der Waals surface area (Å²) in [5.74, 6) is -8.74. The first-order valence-electron chi connectivity index (χ1n) is 6.81. The molecule has 0 unspecified atom stereocenters. The number of nitrogens with one attached hydrogen (secondary N) is 2. The van der Waals surface area contributed by atoms with E-state index in [9.17, 15) is 24.0 Å². The molecule has 25 heavy (non-hydrogen) atoms. The Labute approximate surface area is 153 Å². The lowest BCUT2D eigenvalue weighted by Crippen LogP contribution is -2.56. The molecule has 0 fully saturated rings. The summed E-state index contributed by atoms with van der Waals surface area (Å²) in [5, 5.41) is 30.7. The fourth-order valence-corrected chi connectivity index (χ4v) is 2.10. The standard InChI is InChI=1S/C12H19N3O8S2/c13-5(1-4(10(18)19)11(20)21)8(16)14-6(2-24)9(17)15-7(3-25)12(22)23/h4-7,24-25H,1-3,13H2,(H,14,16)(H,15,17)(H,18,19)(H,20,21)(H,22,23)/t5-,6-,7-/m0/s1. The van der Waals surface area contributed by atoms with E-state index in [4.69, 9.17) is 21.1 Å². The van der Waals surface area contributed by atoms with Crippen molar-refractivity contribution >= 4 is 55.0 Å². The molecule has 0 aliphatic carbocycles. The normalized spacial score (nSPS) is 14.2. The number of thiol groups is 2. The molecule has 11 nitrogen and oxygen atoms in total. The lowest BCUT2D eigenvalue weighted by atomic mass is 10.00. The van der Waals surface area contributed by atoms with Gasteiger partial charge >= 0.3 is 17.9 Å². The lowest BCUT2D eigenvalue weighted by molar-refractivity contribution is -0.155. The predicted octanol–water partition coefficient (Wildman–Crippen LogP) is -2.60. The maximum atomic E-state index is 11.9. The number of rotatable bonds is 11. The van der Waals surface area contributed by atoms with Crippen LogP contribution in [0.2, 0.25) is 0 Å². The number of carboxylic acid groups (broad SMARTS) is 3. The smallest absolute Gasteiger partial charge is 0.327 e. The SMILES string of the molecule is N[C@@H](CC(C(=O)O)C(=O)O)C(=O)N[C@@H](CS)C(=O)N[C@@H](CS)C(=O)O. The first kappa shape index (κ1) is 23.0. The van der Waals surface area contributed by atoms with Gasteiger partial charge in [0.1, 0.15) is 12.1 Å². The molecule has 0 aliphatic rings. The number of carboxylic acids is 3. The van der Waals surface area contributed by atoms with Crippen LogP contribution in [0, 0.1) is 5.92 Å². The Morgan fingerprint density at radius 2 is 1.24 bits per heavy atom. The number of nitrogens with two attached hydrogens (primary N) is 1. The van der Waals surface area contributed by atoms with Crippen LogP contribution in [-0.4, -0.2) is 74.7 Å². The Morgan fingerprint density at radius 3 is 1.60 bits per heavy atom. The van der Waals surface area contributed by atoms with Gasteiger partial charge in [0.2, 0.25) is 11.8 Å². The third-order valence-corrected chi connectivity index (χ3v) is 3.77. The highest BCUT2D eigenvalue weighted by Crippen LogP contribution is 2.07. The van der Waals surface area contributed by atoms with Crippen LogP contribution >= 0.6 is 25.3 Å². The number of hydrogen-bond donors (Lipinski definition) is 8. The largest absolute Gasteiger partial charge is 0.481 e. The molecule has 13 heteroatoms. The molecule has 142 valence electrons. The van der Waals surface area contributed by atoms with Crippen LogP contribution < -0.4 is 16.4 Å². The van der Waals surface area contributed by atoms with Crippen LogP contribution in [0.4, 0.5) is 0 Å². The summed E-state index contributed by atoms with van der Waals surface area (Å²) in [6.45, 7) is 0. The van der Waals surface area contributed by atoms with Gasteiger partial charge in [-0.2, -0.15) is 25.3 Å². The summed E-state index contributed by atoms with van der Waals surface area (Å²) >= 11 is 7.64. The van der Waals surface area contributed by atoms with E-state index in [2.05, 4.69) is 35.9 Å². The summed E-state index contributed by atoms with van der Waals surface area (Å²) in [6.07, 6.45) is -0.689. The van der Waals surface area contributed by atoms with Gasteiger partial charge in [0.05, 0.1) is 6.04 Å². The van der Waals surface area contributed by atoms with Crippen molar-refractivity contribution in [3.8, 4) is 0 Å². The topological polar surface area (TPSA) is 196 Å². The van der Waals surface area contributed by atoms with Gasteiger partial charge in [0, 0.05) is 11.5 Å². The number of carbonyl (C=O) groups is 5. The van der Waals surface area contributed by atoms with Crippen molar-refractivity contribution in [2.24, 2.45) is 11.7 Å². The van der Waals surface area contributed by atoms with E-state index in [1.165, 1.54) is 0 Å². The van der Waals surface area contributed by atoms with Crippen molar-refractivity contribution in [1.82, 2.24) is 10.6 Å². The van der Waals surface area contributed by atoms with E-state index < -0.39 is 60.2 Å². The molecule has 0 spiro atoms. The van der Waals surface area contributed by atoms with Crippen LogP contribution in [-0.2, 0) is 24.0 Å². The highest BCUT2D eigenvalue weighted by Gasteiger charge is 2.32. The number of carbonyl (C=O) groups excluding carboxylic acids is 2. The fraction of sp³-hybridized carbons (Fsp3) is 0.583. The van der Waals surface area contributed by atoms with E-state index in [1.54, 1.807) is 0 Å². The molecule has 0 bridgehead atoms. The van der Waals surface area contributed by atoms with Crippen molar-refractivity contribution < 1.29 is 39.3 Å². The lowest BCUT2D eigenvalue weighted by Gasteiger charge is -2.21. The minimum absolute atomic E-state index is 0.188. The zero-order valence-electron chi connectivity index (χ0n) is 12.8. The van der Waals surface area contributed by atoms with Crippen LogP contribution in [0.5, 0.6) is 0 Å². The molecular weight excluding hydrogens is 378 g/mol. The van der Waals surface area contributed by atoms with Crippen LogP contribution in [0.3, 0.4) is 0 Å². The van der Waals surface area contributed by atoms with E-state index in [1.807, 2.05) is 0 Å². The van der Waals surface area contributed by atoms with Gasteiger partial charge in [0.25, 0.3) is 0 Å².